The number of phenolic OH excluding ortho intramolecular Hbond substituents is 1. The monoisotopic (exact) mass is 543 g/mol. The van der Waals surface area contributed by atoms with Crippen LogP contribution < -0.4 is 5.32 Å². The number of amides is 1. The van der Waals surface area contributed by atoms with Gasteiger partial charge < -0.3 is 20.1 Å². The van der Waals surface area contributed by atoms with E-state index in [1.54, 1.807) is 60.7 Å². The second-order valence-electron chi connectivity index (χ2n) is 8.27. The molecule has 0 spiro atoms. The van der Waals surface area contributed by atoms with Gasteiger partial charge in [-0.1, -0.05) is 36.4 Å². The first-order chi connectivity index (χ1) is 18.9. The highest BCUT2D eigenvalue weighted by Crippen LogP contribution is 2.40. The minimum atomic E-state index is -2.19. The van der Waals surface area contributed by atoms with Crippen LogP contribution in [-0.2, 0) is 23.4 Å². The van der Waals surface area contributed by atoms with Crippen LogP contribution in [0.5, 0.6) is 5.75 Å². The summed E-state index contributed by atoms with van der Waals surface area (Å²) in [5, 5.41) is 37.0. The van der Waals surface area contributed by atoms with Crippen molar-refractivity contribution in [2.45, 2.75) is 12.4 Å². The van der Waals surface area contributed by atoms with Crippen LogP contribution in [0.3, 0.4) is 0 Å². The van der Waals surface area contributed by atoms with E-state index in [1.807, 2.05) is 0 Å². The number of aliphatic hydroxyl groups excluding tert-OH is 1. The van der Waals surface area contributed by atoms with Gasteiger partial charge in [0.1, 0.15) is 5.69 Å². The fraction of sp³-hybridized carbons (Fsp3) is 0.0769. The minimum Gasteiger partial charge on any atom is -0.505 e. The normalized spacial score (nSPS) is 12.2. The van der Waals surface area contributed by atoms with Crippen molar-refractivity contribution in [3.8, 4) is 11.7 Å². The second kappa shape index (κ2) is 11.3. The molecule has 1 atom stereocenters. The topological polar surface area (TPSA) is 175 Å². The molecule has 0 saturated carbocycles. The molecule has 4 N–H and O–H groups in total. The zero-order valence-corrected chi connectivity index (χ0v) is 21.0. The number of hydrogen-bond acceptors (Lipinski definition) is 9. The summed E-state index contributed by atoms with van der Waals surface area (Å²) in [6.07, 6.45) is 4.38. The summed E-state index contributed by atoms with van der Waals surface area (Å²) in [5.74, 6) is -1.01. The zero-order valence-electron chi connectivity index (χ0n) is 20.2. The first-order valence-electron chi connectivity index (χ1n) is 11.5. The van der Waals surface area contributed by atoms with Crippen molar-refractivity contribution >= 4 is 45.0 Å². The first kappa shape index (κ1) is 25.8. The Hall–Kier alpha value is -4.85. The van der Waals surface area contributed by atoms with E-state index in [-0.39, 0.29) is 35.4 Å². The van der Waals surface area contributed by atoms with Crippen LogP contribution in [0.15, 0.2) is 89.5 Å². The summed E-state index contributed by atoms with van der Waals surface area (Å²) in [6.45, 7) is -0.126. The number of aromatic hydroxyl groups is 1. The lowest BCUT2D eigenvalue weighted by Gasteiger charge is -2.11. The molecule has 0 fully saturated rings. The highest BCUT2D eigenvalue weighted by molar-refractivity contribution is 7.78. The average Bonchev–Trinajstić information content (AvgIpc) is 3.34. The lowest BCUT2D eigenvalue weighted by Crippen LogP contribution is -2.12. The number of fused-ring (bicyclic) bond motifs is 1. The van der Waals surface area contributed by atoms with Crippen molar-refractivity contribution in [2.75, 3.05) is 5.32 Å². The van der Waals surface area contributed by atoms with E-state index in [9.17, 15) is 23.8 Å². The molecule has 0 bridgehead atoms. The molecule has 13 heteroatoms. The van der Waals surface area contributed by atoms with Gasteiger partial charge in [0.25, 0.3) is 11.9 Å². The predicted octanol–water partition coefficient (Wildman–Crippen LogP) is 4.40. The summed E-state index contributed by atoms with van der Waals surface area (Å²) in [4.78, 5) is 21.4. The van der Waals surface area contributed by atoms with Gasteiger partial charge in [-0.3, -0.25) is 4.79 Å². The Morgan fingerprint density at radius 2 is 1.77 bits per heavy atom. The Balaban J connectivity index is 1.58. The molecule has 0 aliphatic carbocycles. The van der Waals surface area contributed by atoms with Gasteiger partial charge in [0, 0.05) is 29.0 Å². The number of carbonyl (C=O) groups is 1. The Morgan fingerprint density at radius 3 is 2.49 bits per heavy atom. The molecule has 5 aromatic rings. The average molecular weight is 544 g/mol. The highest BCUT2D eigenvalue weighted by Gasteiger charge is 2.20. The molecule has 39 heavy (non-hydrogen) atoms. The molecule has 1 amide bonds. The largest absolute Gasteiger partial charge is 0.505 e. The first-order valence-corrected chi connectivity index (χ1v) is 12.8. The number of phenols is 1. The number of hydrogen-bond donors (Lipinski definition) is 4. The van der Waals surface area contributed by atoms with Gasteiger partial charge in [-0.15, -0.1) is 10.2 Å². The molecule has 5 rings (SSSR count). The fourth-order valence-electron chi connectivity index (χ4n) is 3.85. The quantitative estimate of drug-likeness (QED) is 0.164. The van der Waals surface area contributed by atoms with E-state index in [1.165, 1.54) is 23.3 Å². The number of benzene rings is 3. The molecule has 12 nitrogen and oxygen atoms in total. The van der Waals surface area contributed by atoms with Gasteiger partial charge in [-0.05, 0) is 35.2 Å². The summed E-state index contributed by atoms with van der Waals surface area (Å²) in [7, 11) is 0. The molecule has 0 aliphatic heterocycles. The number of anilines is 1. The van der Waals surface area contributed by atoms with E-state index >= 15 is 0 Å². The van der Waals surface area contributed by atoms with Crippen LogP contribution in [0.2, 0.25) is 0 Å². The molecule has 0 radical (unpaired) electrons. The highest BCUT2D eigenvalue weighted by atomic mass is 32.2. The van der Waals surface area contributed by atoms with Gasteiger partial charge in [-0.25, -0.2) is 14.2 Å². The maximum Gasteiger partial charge on any atom is 0.259 e. The Bertz CT molecular complexity index is 1710. The number of nitrogens with zero attached hydrogens (tertiary/aromatic N) is 6. The Kier molecular flexibility index (Phi) is 7.45. The Labute approximate surface area is 224 Å². The van der Waals surface area contributed by atoms with Crippen LogP contribution in [0.4, 0.5) is 17.2 Å². The van der Waals surface area contributed by atoms with E-state index < -0.39 is 22.7 Å². The van der Waals surface area contributed by atoms with Gasteiger partial charge in [-0.2, -0.15) is 9.78 Å². The van der Waals surface area contributed by atoms with Crippen molar-refractivity contribution in [1.29, 1.82) is 0 Å². The lowest BCUT2D eigenvalue weighted by molar-refractivity contribution is 0.102. The van der Waals surface area contributed by atoms with Crippen molar-refractivity contribution in [1.82, 2.24) is 19.7 Å². The molecule has 0 aliphatic rings. The Morgan fingerprint density at radius 1 is 1.03 bits per heavy atom. The molecule has 2 heterocycles. The van der Waals surface area contributed by atoms with Crippen LogP contribution >= 0.6 is 0 Å². The number of rotatable bonds is 8. The van der Waals surface area contributed by atoms with Gasteiger partial charge in [0.15, 0.2) is 22.6 Å². The van der Waals surface area contributed by atoms with E-state index in [0.29, 0.717) is 27.6 Å². The van der Waals surface area contributed by atoms with E-state index in [2.05, 4.69) is 30.6 Å². The SMILES string of the molecule is O=C(Nc1ccc(CO)cc1)c1cc2ccccc2c(N=Nc2c(CS(=O)O)cnn2-c2ncccn2)c1O. The third kappa shape index (κ3) is 5.55. The van der Waals surface area contributed by atoms with E-state index in [0.717, 1.165) is 0 Å². The van der Waals surface area contributed by atoms with Crippen molar-refractivity contribution < 1.29 is 23.8 Å². The fourth-order valence-corrected chi connectivity index (χ4v) is 4.32. The van der Waals surface area contributed by atoms with Crippen LogP contribution in [0, 0.1) is 0 Å². The number of azo groups is 1. The smallest absolute Gasteiger partial charge is 0.259 e. The van der Waals surface area contributed by atoms with Crippen LogP contribution in [0.1, 0.15) is 21.5 Å². The maximum atomic E-state index is 13.1. The van der Waals surface area contributed by atoms with Gasteiger partial charge in [0.05, 0.1) is 24.1 Å². The second-order valence-corrected chi connectivity index (χ2v) is 9.20. The van der Waals surface area contributed by atoms with Crippen LogP contribution in [-0.4, -0.2) is 44.6 Å². The molecular formula is C26H21N7O5S. The third-order valence-corrected chi connectivity index (χ3v) is 6.27. The molecule has 3 aromatic carbocycles. The number of nitrogens with one attached hydrogen (secondary N) is 1. The predicted molar refractivity (Wildman–Crippen MR) is 144 cm³/mol. The molecule has 196 valence electrons. The standard InChI is InChI=1S/C26H21N7O5S/c34-14-16-6-8-19(9-7-16)30-25(36)21-12-17-4-1-2-5-20(17)22(23(21)35)31-32-24-18(15-39(37)38)13-29-33(24)26-27-10-3-11-28-26/h1-13,34-35H,14-15H2,(H,30,36)(H,37,38). The minimum absolute atomic E-state index is 0.0201. The van der Waals surface area contributed by atoms with Crippen molar-refractivity contribution in [3.63, 3.8) is 0 Å². The maximum absolute atomic E-state index is 13.1. The third-order valence-electron chi connectivity index (χ3n) is 5.72. The lowest BCUT2D eigenvalue weighted by atomic mass is 10.0. The van der Waals surface area contributed by atoms with Gasteiger partial charge in [0.2, 0.25) is 0 Å². The van der Waals surface area contributed by atoms with Gasteiger partial charge >= 0.3 is 0 Å². The number of carbonyl (C=O) groups excluding carboxylic acids is 1. The number of aliphatic hydroxyl groups is 1. The van der Waals surface area contributed by atoms with Crippen molar-refractivity contribution in [2.24, 2.45) is 10.2 Å². The summed E-state index contributed by atoms with van der Waals surface area (Å²) < 4.78 is 22.3. The molecular weight excluding hydrogens is 522 g/mol. The van der Waals surface area contributed by atoms with E-state index in [4.69, 9.17) is 0 Å². The molecule has 1 unspecified atom stereocenters. The summed E-state index contributed by atoms with van der Waals surface area (Å²) in [6, 6.07) is 16.8. The summed E-state index contributed by atoms with van der Waals surface area (Å²) >= 11 is -2.19. The number of aromatic nitrogens is 4. The van der Waals surface area contributed by atoms with Crippen LogP contribution in [0.25, 0.3) is 16.7 Å². The summed E-state index contributed by atoms with van der Waals surface area (Å²) in [5.41, 5.74) is 1.45. The molecule has 0 saturated heterocycles. The zero-order chi connectivity index (χ0) is 27.4. The molecule has 2 aromatic heterocycles. The van der Waals surface area contributed by atoms with Crippen molar-refractivity contribution in [3.05, 3.63) is 95.9 Å².